The molecule has 1 aromatic carbocycles. The quantitative estimate of drug-likeness (QED) is 0.626. The Balaban J connectivity index is 2.47. The summed E-state index contributed by atoms with van der Waals surface area (Å²) in [5, 5.41) is 2.72. The maximum Gasteiger partial charge on any atom is 0.221 e. The van der Waals surface area contributed by atoms with E-state index < -0.39 is 0 Å². The number of thioether (sulfide) groups is 1. The number of carbonyl (C=O) groups is 1. The molecule has 1 rings (SSSR count). The fourth-order valence-corrected chi connectivity index (χ4v) is 2.16. The summed E-state index contributed by atoms with van der Waals surface area (Å²) in [6, 6.07) is 7.66. The van der Waals surface area contributed by atoms with Gasteiger partial charge in [0.05, 0.1) is 0 Å². The lowest BCUT2D eigenvalue weighted by Crippen LogP contribution is -2.15. The van der Waals surface area contributed by atoms with Gasteiger partial charge in [-0.1, -0.05) is 0 Å². The molecule has 0 aliphatic carbocycles. The Hall–Kier alpha value is -1.04. The highest BCUT2D eigenvalue weighted by Crippen LogP contribution is 2.21. The lowest BCUT2D eigenvalue weighted by atomic mass is 10.3. The van der Waals surface area contributed by atoms with Crippen LogP contribution < -0.4 is 5.32 Å². The summed E-state index contributed by atoms with van der Waals surface area (Å²) in [5.41, 5.74) is 0.803. The summed E-state index contributed by atoms with van der Waals surface area (Å²) in [6.45, 7) is 1.49. The lowest BCUT2D eigenvalue weighted by Gasteiger charge is -2.12. The Morgan fingerprint density at radius 3 is 2.35 bits per heavy atom. The molecule has 0 heterocycles. The van der Waals surface area contributed by atoms with Gasteiger partial charge in [-0.2, -0.15) is 0 Å². The molecule has 4 nitrogen and oxygen atoms in total. The molecule has 0 spiro atoms. The van der Waals surface area contributed by atoms with Crippen LogP contribution in [0.1, 0.15) is 6.92 Å². The SMILES string of the molecule is COC(CSc1ccc(NC(C)=O)cc1)OC. The largest absolute Gasteiger partial charge is 0.355 e. The van der Waals surface area contributed by atoms with Crippen LogP contribution in [0.5, 0.6) is 0 Å². The number of hydrogen-bond donors (Lipinski definition) is 1. The minimum Gasteiger partial charge on any atom is -0.355 e. The van der Waals surface area contributed by atoms with Crippen LogP contribution in [0.2, 0.25) is 0 Å². The summed E-state index contributed by atoms with van der Waals surface area (Å²) in [6.07, 6.45) is -0.199. The molecular weight excluding hydrogens is 238 g/mol. The van der Waals surface area contributed by atoms with Gasteiger partial charge in [0.1, 0.15) is 0 Å². The molecule has 0 radical (unpaired) electrons. The van der Waals surface area contributed by atoms with Crippen LogP contribution >= 0.6 is 11.8 Å². The van der Waals surface area contributed by atoms with Gasteiger partial charge in [0.25, 0.3) is 0 Å². The molecule has 1 amide bonds. The zero-order valence-electron chi connectivity index (χ0n) is 10.2. The number of methoxy groups -OCH3 is 2. The Labute approximate surface area is 106 Å². The van der Waals surface area contributed by atoms with Crippen LogP contribution in [-0.2, 0) is 14.3 Å². The van der Waals surface area contributed by atoms with Gasteiger partial charge in [-0.15, -0.1) is 11.8 Å². The molecule has 0 unspecified atom stereocenters. The van der Waals surface area contributed by atoms with E-state index in [-0.39, 0.29) is 12.2 Å². The highest BCUT2D eigenvalue weighted by Gasteiger charge is 2.05. The van der Waals surface area contributed by atoms with Crippen molar-refractivity contribution in [2.24, 2.45) is 0 Å². The molecule has 0 saturated carbocycles. The van der Waals surface area contributed by atoms with Gasteiger partial charge >= 0.3 is 0 Å². The van der Waals surface area contributed by atoms with Crippen LogP contribution in [0.4, 0.5) is 5.69 Å². The highest BCUT2D eigenvalue weighted by molar-refractivity contribution is 7.99. The first-order valence-electron chi connectivity index (χ1n) is 5.21. The first-order valence-corrected chi connectivity index (χ1v) is 6.20. The van der Waals surface area contributed by atoms with Crippen molar-refractivity contribution in [3.8, 4) is 0 Å². The molecular formula is C12H17NO3S. The topological polar surface area (TPSA) is 47.6 Å². The first kappa shape index (κ1) is 14.0. The minimum atomic E-state index is -0.199. The first-order chi connectivity index (χ1) is 8.15. The fraction of sp³-hybridized carbons (Fsp3) is 0.417. The highest BCUT2D eigenvalue weighted by atomic mass is 32.2. The molecule has 0 aliphatic rings. The molecule has 17 heavy (non-hydrogen) atoms. The van der Waals surface area contributed by atoms with Crippen molar-refractivity contribution < 1.29 is 14.3 Å². The van der Waals surface area contributed by atoms with Crippen LogP contribution in [0.3, 0.4) is 0 Å². The van der Waals surface area contributed by atoms with Gasteiger partial charge in [0.2, 0.25) is 5.91 Å². The molecule has 1 N–H and O–H groups in total. The second kappa shape index (κ2) is 7.32. The molecule has 0 bridgehead atoms. The fourth-order valence-electron chi connectivity index (χ4n) is 1.23. The molecule has 0 aliphatic heterocycles. The van der Waals surface area contributed by atoms with E-state index in [2.05, 4.69) is 5.32 Å². The zero-order valence-corrected chi connectivity index (χ0v) is 11.0. The molecule has 0 atom stereocenters. The third-order valence-corrected chi connectivity index (χ3v) is 3.13. The molecule has 0 aromatic heterocycles. The standard InChI is InChI=1S/C12H17NO3S/c1-9(14)13-10-4-6-11(7-5-10)17-8-12(15-2)16-3/h4-7,12H,8H2,1-3H3,(H,13,14). The second-order valence-electron chi connectivity index (χ2n) is 3.42. The van der Waals surface area contributed by atoms with E-state index in [4.69, 9.17) is 9.47 Å². The Bertz CT molecular complexity index is 349. The molecule has 0 fully saturated rings. The van der Waals surface area contributed by atoms with E-state index in [0.29, 0.717) is 0 Å². The van der Waals surface area contributed by atoms with Crippen LogP contribution in [0.15, 0.2) is 29.2 Å². The summed E-state index contributed by atoms with van der Waals surface area (Å²) in [7, 11) is 3.24. The van der Waals surface area contributed by atoms with Gasteiger partial charge in [0.15, 0.2) is 6.29 Å². The van der Waals surface area contributed by atoms with E-state index in [1.165, 1.54) is 6.92 Å². The monoisotopic (exact) mass is 255 g/mol. The predicted molar refractivity (Wildman–Crippen MR) is 69.3 cm³/mol. The third kappa shape index (κ3) is 5.21. The summed E-state index contributed by atoms with van der Waals surface area (Å²) in [5.74, 6) is 0.663. The van der Waals surface area contributed by atoms with Gasteiger partial charge in [0, 0.05) is 37.5 Å². The van der Waals surface area contributed by atoms with Crippen molar-refractivity contribution in [1.29, 1.82) is 0 Å². The van der Waals surface area contributed by atoms with Gasteiger partial charge < -0.3 is 14.8 Å². The minimum absolute atomic E-state index is 0.0655. The van der Waals surface area contributed by atoms with E-state index in [9.17, 15) is 4.79 Å². The predicted octanol–water partition coefficient (Wildman–Crippen LogP) is 2.36. The number of rotatable bonds is 6. The smallest absolute Gasteiger partial charge is 0.221 e. The van der Waals surface area contributed by atoms with Crippen LogP contribution in [0.25, 0.3) is 0 Å². The Morgan fingerprint density at radius 2 is 1.88 bits per heavy atom. The van der Waals surface area contributed by atoms with Crippen LogP contribution in [0, 0.1) is 0 Å². The van der Waals surface area contributed by atoms with Gasteiger partial charge in [-0.3, -0.25) is 4.79 Å². The normalized spacial score (nSPS) is 10.6. The van der Waals surface area contributed by atoms with Gasteiger partial charge in [-0.05, 0) is 24.3 Å². The van der Waals surface area contributed by atoms with Crippen molar-refractivity contribution >= 4 is 23.4 Å². The summed E-state index contributed by atoms with van der Waals surface area (Å²) < 4.78 is 10.2. The molecule has 1 aromatic rings. The number of anilines is 1. The van der Waals surface area contributed by atoms with E-state index >= 15 is 0 Å². The number of amides is 1. The average Bonchev–Trinajstić information content (AvgIpc) is 2.32. The van der Waals surface area contributed by atoms with Crippen molar-refractivity contribution in [2.75, 3.05) is 25.3 Å². The van der Waals surface area contributed by atoms with E-state index in [1.807, 2.05) is 24.3 Å². The number of nitrogens with one attached hydrogen (secondary N) is 1. The van der Waals surface area contributed by atoms with Crippen molar-refractivity contribution in [2.45, 2.75) is 18.1 Å². The number of hydrogen-bond acceptors (Lipinski definition) is 4. The number of benzene rings is 1. The average molecular weight is 255 g/mol. The van der Waals surface area contributed by atoms with Crippen molar-refractivity contribution in [3.05, 3.63) is 24.3 Å². The molecule has 0 saturated heterocycles. The third-order valence-electron chi connectivity index (χ3n) is 2.09. The zero-order chi connectivity index (χ0) is 12.7. The maximum absolute atomic E-state index is 10.8. The van der Waals surface area contributed by atoms with Crippen molar-refractivity contribution in [1.82, 2.24) is 0 Å². The maximum atomic E-state index is 10.8. The number of ether oxygens (including phenoxy) is 2. The summed E-state index contributed by atoms with van der Waals surface area (Å²) >= 11 is 1.64. The number of carbonyl (C=O) groups excluding carboxylic acids is 1. The van der Waals surface area contributed by atoms with E-state index in [0.717, 1.165) is 16.3 Å². The van der Waals surface area contributed by atoms with E-state index in [1.54, 1.807) is 26.0 Å². The molecule has 94 valence electrons. The van der Waals surface area contributed by atoms with Crippen molar-refractivity contribution in [3.63, 3.8) is 0 Å². The lowest BCUT2D eigenvalue weighted by molar-refractivity contribution is -0.114. The second-order valence-corrected chi connectivity index (χ2v) is 4.51. The molecule has 5 heteroatoms. The Kier molecular flexibility index (Phi) is 6.04. The summed E-state index contributed by atoms with van der Waals surface area (Å²) in [4.78, 5) is 12.0. The Morgan fingerprint density at radius 1 is 1.29 bits per heavy atom. The van der Waals surface area contributed by atoms with Crippen LogP contribution in [-0.4, -0.2) is 32.2 Å². The van der Waals surface area contributed by atoms with Gasteiger partial charge in [-0.25, -0.2) is 0 Å².